The number of unbranched alkanes of at least 4 members (excludes halogenated alkanes) is 7. The first-order valence-electron chi connectivity index (χ1n) is 6.58. The second kappa shape index (κ2) is 11.4. The number of carboxylic acid groups (broad SMARTS) is 1. The Balaban J connectivity index is 3.30. The topological polar surface area (TPSA) is 54.4 Å². The monoisotopic (exact) mass is 240 g/mol. The molecule has 0 rings (SSSR count). The number of carbonyl (C=O) groups is 2. The third kappa shape index (κ3) is 12.8. The molecule has 0 saturated heterocycles. The van der Waals surface area contributed by atoms with Crippen LogP contribution in [-0.4, -0.2) is 16.9 Å². The van der Waals surface area contributed by atoms with Crippen LogP contribution in [0.3, 0.4) is 0 Å². The van der Waals surface area contributed by atoms with Crippen molar-refractivity contribution < 1.29 is 14.7 Å². The molecule has 0 heterocycles. The first kappa shape index (κ1) is 15.9. The predicted octanol–water partition coefficient (Wildman–Crippen LogP) is 3.73. The number of carboxylic acids is 1. The summed E-state index contributed by atoms with van der Waals surface area (Å²) in [5, 5.41) is 8.37. The summed E-state index contributed by atoms with van der Waals surface area (Å²) in [7, 11) is 0. The van der Waals surface area contributed by atoms with E-state index >= 15 is 0 Å². The van der Waals surface area contributed by atoms with Crippen molar-refractivity contribution >= 4 is 11.8 Å². The molecule has 0 fully saturated rings. The van der Waals surface area contributed by atoms with E-state index in [0.717, 1.165) is 12.8 Å². The van der Waals surface area contributed by atoms with Crippen LogP contribution in [0.4, 0.5) is 0 Å². The molecule has 0 unspecified atom stereocenters. The summed E-state index contributed by atoms with van der Waals surface area (Å²) in [5.74, 6) is -1.38. The van der Waals surface area contributed by atoms with Crippen molar-refractivity contribution in [1.29, 1.82) is 0 Å². The molecule has 17 heavy (non-hydrogen) atoms. The van der Waals surface area contributed by atoms with Crippen LogP contribution in [0.15, 0.2) is 12.2 Å². The van der Waals surface area contributed by atoms with Gasteiger partial charge in [0.05, 0.1) is 0 Å². The lowest BCUT2D eigenvalue weighted by molar-refractivity contribution is -0.139. The Hall–Kier alpha value is -1.12. The van der Waals surface area contributed by atoms with E-state index in [0.29, 0.717) is 0 Å². The molecule has 0 amide bonds. The Morgan fingerprint density at radius 1 is 1.00 bits per heavy atom. The van der Waals surface area contributed by atoms with Crippen molar-refractivity contribution in [2.75, 3.05) is 0 Å². The van der Waals surface area contributed by atoms with Gasteiger partial charge in [-0.2, -0.15) is 0 Å². The summed E-state index contributed by atoms with van der Waals surface area (Å²) in [6.07, 6.45) is 12.4. The van der Waals surface area contributed by atoms with Crippen molar-refractivity contribution in [3.63, 3.8) is 0 Å². The largest absolute Gasteiger partial charge is 0.481 e. The van der Waals surface area contributed by atoms with Gasteiger partial charge >= 0.3 is 5.97 Å². The number of rotatable bonds is 11. The van der Waals surface area contributed by atoms with Crippen LogP contribution < -0.4 is 0 Å². The van der Waals surface area contributed by atoms with Gasteiger partial charge in [-0.3, -0.25) is 9.59 Å². The predicted molar refractivity (Wildman–Crippen MR) is 69.0 cm³/mol. The average Bonchev–Trinajstić information content (AvgIpc) is 2.26. The molecular formula is C14H24O3. The van der Waals surface area contributed by atoms with E-state index in [4.69, 9.17) is 5.11 Å². The zero-order valence-corrected chi connectivity index (χ0v) is 10.8. The van der Waals surface area contributed by atoms with Gasteiger partial charge in [0.25, 0.3) is 0 Å². The zero-order valence-electron chi connectivity index (χ0n) is 10.8. The summed E-state index contributed by atoms with van der Waals surface area (Å²) in [6.45, 7) is 2.21. The summed E-state index contributed by atoms with van der Waals surface area (Å²) in [5.41, 5.74) is 0. The highest BCUT2D eigenvalue weighted by atomic mass is 16.4. The minimum Gasteiger partial charge on any atom is -0.481 e. The molecule has 0 aliphatic rings. The van der Waals surface area contributed by atoms with E-state index in [2.05, 4.69) is 6.92 Å². The minimum absolute atomic E-state index is 0.319. The molecule has 0 bridgehead atoms. The van der Waals surface area contributed by atoms with Gasteiger partial charge in [-0.25, -0.2) is 0 Å². The summed E-state index contributed by atoms with van der Waals surface area (Å²) >= 11 is 0. The third-order valence-corrected chi connectivity index (χ3v) is 2.60. The van der Waals surface area contributed by atoms with Crippen molar-refractivity contribution in [1.82, 2.24) is 0 Å². The number of aliphatic carboxylic acids is 1. The van der Waals surface area contributed by atoms with Gasteiger partial charge < -0.3 is 5.11 Å². The average molecular weight is 240 g/mol. The molecule has 0 aliphatic carbocycles. The van der Waals surface area contributed by atoms with E-state index < -0.39 is 12.4 Å². The number of hydrogen-bond donors (Lipinski definition) is 1. The van der Waals surface area contributed by atoms with Gasteiger partial charge in [0.15, 0.2) is 5.78 Å². The quantitative estimate of drug-likeness (QED) is 0.340. The van der Waals surface area contributed by atoms with E-state index in [1.54, 1.807) is 6.08 Å². The molecule has 0 aromatic carbocycles. The van der Waals surface area contributed by atoms with E-state index in [1.165, 1.54) is 44.6 Å². The SMILES string of the molecule is CCCCCCCCCC=CC(=O)CC(=O)O. The fraction of sp³-hybridized carbons (Fsp3) is 0.714. The number of carbonyl (C=O) groups excluding carboxylic acids is 1. The zero-order chi connectivity index (χ0) is 12.9. The normalized spacial score (nSPS) is 10.9. The standard InChI is InChI=1S/C14H24O3/c1-2-3-4-5-6-7-8-9-10-11-13(15)12-14(16)17/h10-11H,2-9,12H2,1H3,(H,16,17). The molecule has 0 aliphatic heterocycles. The third-order valence-electron chi connectivity index (χ3n) is 2.60. The maximum absolute atomic E-state index is 11.0. The Bertz CT molecular complexity index is 244. The van der Waals surface area contributed by atoms with Gasteiger partial charge in [-0.05, 0) is 18.9 Å². The van der Waals surface area contributed by atoms with Crippen LogP contribution in [0.2, 0.25) is 0 Å². The van der Waals surface area contributed by atoms with Crippen molar-refractivity contribution in [2.45, 2.75) is 64.7 Å². The maximum atomic E-state index is 11.0. The highest BCUT2D eigenvalue weighted by molar-refractivity contribution is 6.01. The summed E-state index contributed by atoms with van der Waals surface area (Å²) < 4.78 is 0. The number of allylic oxidation sites excluding steroid dienone is 2. The maximum Gasteiger partial charge on any atom is 0.311 e. The lowest BCUT2D eigenvalue weighted by Gasteiger charge is -1.98. The lowest BCUT2D eigenvalue weighted by atomic mass is 10.1. The molecule has 0 radical (unpaired) electrons. The van der Waals surface area contributed by atoms with E-state index in [1.807, 2.05) is 0 Å². The molecule has 0 aromatic rings. The minimum atomic E-state index is -1.06. The Morgan fingerprint density at radius 2 is 1.59 bits per heavy atom. The number of hydrogen-bond acceptors (Lipinski definition) is 2. The van der Waals surface area contributed by atoms with Gasteiger partial charge in [0.2, 0.25) is 0 Å². The highest BCUT2D eigenvalue weighted by Gasteiger charge is 2.02. The molecule has 0 atom stereocenters. The second-order valence-electron chi connectivity index (χ2n) is 4.35. The smallest absolute Gasteiger partial charge is 0.311 e. The van der Waals surface area contributed by atoms with Crippen LogP contribution in [0.5, 0.6) is 0 Å². The molecule has 0 aromatic heterocycles. The van der Waals surface area contributed by atoms with Gasteiger partial charge in [0, 0.05) is 0 Å². The molecule has 0 spiro atoms. The molecule has 1 N–H and O–H groups in total. The van der Waals surface area contributed by atoms with E-state index in [-0.39, 0.29) is 5.78 Å². The van der Waals surface area contributed by atoms with Gasteiger partial charge in [0.1, 0.15) is 6.42 Å². The molecule has 98 valence electrons. The van der Waals surface area contributed by atoms with Crippen LogP contribution in [-0.2, 0) is 9.59 Å². The van der Waals surface area contributed by atoms with E-state index in [9.17, 15) is 9.59 Å². The van der Waals surface area contributed by atoms with Crippen molar-refractivity contribution in [2.24, 2.45) is 0 Å². The first-order valence-corrected chi connectivity index (χ1v) is 6.58. The fourth-order valence-electron chi connectivity index (χ4n) is 1.64. The van der Waals surface area contributed by atoms with Crippen LogP contribution in [0.25, 0.3) is 0 Å². The van der Waals surface area contributed by atoms with Crippen molar-refractivity contribution in [3.8, 4) is 0 Å². The Morgan fingerprint density at radius 3 is 2.18 bits per heavy atom. The van der Waals surface area contributed by atoms with Gasteiger partial charge in [-0.15, -0.1) is 0 Å². The second-order valence-corrected chi connectivity index (χ2v) is 4.35. The molecule has 3 heteroatoms. The highest BCUT2D eigenvalue weighted by Crippen LogP contribution is 2.08. The molecule has 0 saturated carbocycles. The Kier molecular flexibility index (Phi) is 10.6. The fourth-order valence-corrected chi connectivity index (χ4v) is 1.64. The Labute approximate surface area is 104 Å². The summed E-state index contributed by atoms with van der Waals surface area (Å²) in [4.78, 5) is 21.2. The number of ketones is 1. The molecular weight excluding hydrogens is 216 g/mol. The molecule has 3 nitrogen and oxygen atoms in total. The van der Waals surface area contributed by atoms with Crippen LogP contribution in [0, 0.1) is 0 Å². The van der Waals surface area contributed by atoms with Crippen molar-refractivity contribution in [3.05, 3.63) is 12.2 Å². The summed E-state index contributed by atoms with van der Waals surface area (Å²) in [6, 6.07) is 0. The van der Waals surface area contributed by atoms with Crippen LogP contribution in [0.1, 0.15) is 64.7 Å². The first-order chi connectivity index (χ1) is 8.16. The lowest BCUT2D eigenvalue weighted by Crippen LogP contribution is -2.02. The van der Waals surface area contributed by atoms with Crippen LogP contribution >= 0.6 is 0 Å². The van der Waals surface area contributed by atoms with Gasteiger partial charge in [-0.1, -0.05) is 51.5 Å².